The molecule has 1 aromatic carbocycles. The van der Waals surface area contributed by atoms with Crippen LogP contribution < -0.4 is 5.32 Å². The van der Waals surface area contributed by atoms with Crippen molar-refractivity contribution in [3.8, 4) is 0 Å². The summed E-state index contributed by atoms with van der Waals surface area (Å²) in [5, 5.41) is 3.50. The summed E-state index contributed by atoms with van der Waals surface area (Å²) in [5.41, 5.74) is 1.25. The molecule has 0 aliphatic heterocycles. The first-order chi connectivity index (χ1) is 8.43. The molecule has 0 aromatic heterocycles. The number of rotatable bonds is 2. The number of nitrogens with one attached hydrogen (secondary N) is 1. The summed E-state index contributed by atoms with van der Waals surface area (Å²) in [7, 11) is 0. The van der Waals surface area contributed by atoms with E-state index >= 15 is 0 Å². The van der Waals surface area contributed by atoms with E-state index in [1.54, 1.807) is 6.07 Å². The van der Waals surface area contributed by atoms with Gasteiger partial charge in [0.05, 0.1) is 5.69 Å². The third kappa shape index (κ3) is 1.58. The van der Waals surface area contributed by atoms with Crippen LogP contribution in [0.5, 0.6) is 0 Å². The average molecular weight is 247 g/mol. The minimum atomic E-state index is -0.139. The van der Waals surface area contributed by atoms with Crippen LogP contribution in [0.2, 0.25) is 0 Å². The van der Waals surface area contributed by atoms with Gasteiger partial charge in [-0.15, -0.1) is 0 Å². The standard InChI is InChI=1S/C16H22FN/c1-15(2)11-8-9-16(3,10-11)14(15)18-13-7-5-4-6-12(13)17/h4-7,11,14,18H,8-10H2,1-3H3/t11-,14?,16+/m0/s1. The first-order valence-corrected chi connectivity index (χ1v) is 6.94. The number of hydrogen-bond acceptors (Lipinski definition) is 1. The molecule has 1 unspecified atom stereocenters. The van der Waals surface area contributed by atoms with E-state index in [0.29, 0.717) is 17.1 Å². The van der Waals surface area contributed by atoms with Crippen molar-refractivity contribution in [2.45, 2.75) is 46.1 Å². The van der Waals surface area contributed by atoms with Crippen molar-refractivity contribution in [2.75, 3.05) is 5.32 Å². The molecule has 0 heterocycles. The third-order valence-electron chi connectivity index (χ3n) is 5.44. The molecule has 3 atom stereocenters. The highest BCUT2D eigenvalue weighted by Crippen LogP contribution is 2.63. The van der Waals surface area contributed by atoms with Crippen molar-refractivity contribution >= 4 is 5.69 Å². The number of para-hydroxylation sites is 1. The maximum Gasteiger partial charge on any atom is 0.146 e. The van der Waals surface area contributed by atoms with Crippen molar-refractivity contribution in [1.29, 1.82) is 0 Å². The quantitative estimate of drug-likeness (QED) is 0.814. The Kier molecular flexibility index (Phi) is 2.48. The van der Waals surface area contributed by atoms with Gasteiger partial charge in [0, 0.05) is 6.04 Å². The van der Waals surface area contributed by atoms with Gasteiger partial charge in [-0.1, -0.05) is 32.9 Å². The van der Waals surface area contributed by atoms with Crippen molar-refractivity contribution in [2.24, 2.45) is 16.7 Å². The number of fused-ring (bicyclic) bond motifs is 2. The lowest BCUT2D eigenvalue weighted by atomic mass is 9.68. The normalized spacial score (nSPS) is 36.9. The summed E-state index contributed by atoms with van der Waals surface area (Å²) < 4.78 is 13.8. The van der Waals surface area contributed by atoms with Gasteiger partial charge >= 0.3 is 0 Å². The molecule has 2 heteroatoms. The molecular formula is C16H22FN. The van der Waals surface area contributed by atoms with Gasteiger partial charge in [0.15, 0.2) is 0 Å². The first kappa shape index (κ1) is 12.0. The Morgan fingerprint density at radius 1 is 1.22 bits per heavy atom. The summed E-state index contributed by atoms with van der Waals surface area (Å²) in [6, 6.07) is 7.40. The minimum absolute atomic E-state index is 0.139. The van der Waals surface area contributed by atoms with E-state index in [9.17, 15) is 4.39 Å². The lowest BCUT2D eigenvalue weighted by Gasteiger charge is -2.43. The maximum absolute atomic E-state index is 13.8. The Morgan fingerprint density at radius 3 is 2.56 bits per heavy atom. The molecule has 1 nitrogen and oxygen atoms in total. The number of halogens is 1. The van der Waals surface area contributed by atoms with Crippen molar-refractivity contribution in [1.82, 2.24) is 0 Å². The molecule has 0 amide bonds. The van der Waals surface area contributed by atoms with Gasteiger partial charge in [-0.05, 0) is 48.1 Å². The molecule has 18 heavy (non-hydrogen) atoms. The molecule has 0 saturated heterocycles. The van der Waals surface area contributed by atoms with Crippen LogP contribution >= 0.6 is 0 Å². The fourth-order valence-corrected chi connectivity index (χ4v) is 4.40. The Hall–Kier alpha value is -1.05. The summed E-state index contributed by atoms with van der Waals surface area (Å²) >= 11 is 0. The molecule has 2 aliphatic rings. The SMILES string of the molecule is CC1(C)C(Nc2ccccc2F)[C@]2(C)CC[C@H]1C2. The molecule has 3 rings (SSSR count). The molecule has 1 aromatic rings. The highest BCUT2D eigenvalue weighted by Gasteiger charge is 2.59. The molecule has 98 valence electrons. The summed E-state index contributed by atoms with van der Waals surface area (Å²) in [6.07, 6.45) is 3.89. The van der Waals surface area contributed by atoms with E-state index in [1.807, 2.05) is 12.1 Å². The minimum Gasteiger partial charge on any atom is -0.379 e. The van der Waals surface area contributed by atoms with E-state index in [-0.39, 0.29) is 11.2 Å². The number of hydrogen-bond donors (Lipinski definition) is 1. The van der Waals surface area contributed by atoms with Crippen LogP contribution in [0.4, 0.5) is 10.1 Å². The van der Waals surface area contributed by atoms with Crippen LogP contribution in [0.15, 0.2) is 24.3 Å². The van der Waals surface area contributed by atoms with E-state index in [2.05, 4.69) is 26.1 Å². The van der Waals surface area contributed by atoms with Gasteiger partial charge in [-0.3, -0.25) is 0 Å². The van der Waals surface area contributed by atoms with Crippen molar-refractivity contribution < 1.29 is 4.39 Å². The lowest BCUT2D eigenvalue weighted by Crippen LogP contribution is -2.45. The second-order valence-electron chi connectivity index (χ2n) is 6.97. The van der Waals surface area contributed by atoms with Crippen LogP contribution in [0, 0.1) is 22.6 Å². The predicted octanol–water partition coefficient (Wildman–Crippen LogP) is 4.45. The molecule has 0 spiro atoms. The molecule has 2 fully saturated rings. The van der Waals surface area contributed by atoms with Crippen LogP contribution in [-0.2, 0) is 0 Å². The van der Waals surface area contributed by atoms with E-state index in [4.69, 9.17) is 0 Å². The number of benzene rings is 1. The first-order valence-electron chi connectivity index (χ1n) is 6.94. The third-order valence-corrected chi connectivity index (χ3v) is 5.44. The van der Waals surface area contributed by atoms with Crippen molar-refractivity contribution in [3.63, 3.8) is 0 Å². The molecule has 2 bridgehead atoms. The van der Waals surface area contributed by atoms with E-state index in [0.717, 1.165) is 5.92 Å². The molecule has 2 aliphatic carbocycles. The predicted molar refractivity (Wildman–Crippen MR) is 73.0 cm³/mol. The van der Waals surface area contributed by atoms with Gasteiger partial charge < -0.3 is 5.32 Å². The van der Waals surface area contributed by atoms with Gasteiger partial charge in [-0.25, -0.2) is 4.39 Å². The monoisotopic (exact) mass is 247 g/mol. The summed E-state index contributed by atoms with van der Waals surface area (Å²) in [5.74, 6) is 0.645. The second kappa shape index (κ2) is 3.72. The number of anilines is 1. The lowest BCUT2D eigenvalue weighted by molar-refractivity contribution is 0.155. The second-order valence-corrected chi connectivity index (χ2v) is 6.97. The summed E-state index contributed by atoms with van der Waals surface area (Å²) in [4.78, 5) is 0. The topological polar surface area (TPSA) is 12.0 Å². The van der Waals surface area contributed by atoms with Crippen LogP contribution in [0.3, 0.4) is 0 Å². The zero-order chi connectivity index (χ0) is 13.0. The Labute approximate surface area is 109 Å². The zero-order valence-corrected chi connectivity index (χ0v) is 11.5. The zero-order valence-electron chi connectivity index (χ0n) is 11.5. The van der Waals surface area contributed by atoms with Gasteiger partial charge in [0.2, 0.25) is 0 Å². The van der Waals surface area contributed by atoms with Gasteiger partial charge in [0.25, 0.3) is 0 Å². The molecular weight excluding hydrogens is 225 g/mol. The molecule has 0 radical (unpaired) electrons. The highest BCUT2D eigenvalue weighted by atomic mass is 19.1. The average Bonchev–Trinajstić information content (AvgIpc) is 2.78. The van der Waals surface area contributed by atoms with E-state index < -0.39 is 0 Å². The smallest absolute Gasteiger partial charge is 0.146 e. The Morgan fingerprint density at radius 2 is 1.94 bits per heavy atom. The maximum atomic E-state index is 13.8. The van der Waals surface area contributed by atoms with Gasteiger partial charge in [0.1, 0.15) is 5.82 Å². The van der Waals surface area contributed by atoms with Crippen molar-refractivity contribution in [3.05, 3.63) is 30.1 Å². The largest absolute Gasteiger partial charge is 0.379 e. The summed E-state index contributed by atoms with van der Waals surface area (Å²) in [6.45, 7) is 7.03. The van der Waals surface area contributed by atoms with Gasteiger partial charge in [-0.2, -0.15) is 0 Å². The Bertz CT molecular complexity index is 463. The fourth-order valence-electron chi connectivity index (χ4n) is 4.40. The molecule has 2 saturated carbocycles. The van der Waals surface area contributed by atoms with Crippen LogP contribution in [0.1, 0.15) is 40.0 Å². The van der Waals surface area contributed by atoms with E-state index in [1.165, 1.54) is 25.3 Å². The van der Waals surface area contributed by atoms with Crippen LogP contribution in [0.25, 0.3) is 0 Å². The fraction of sp³-hybridized carbons (Fsp3) is 0.625. The Balaban J connectivity index is 1.91. The highest BCUT2D eigenvalue weighted by molar-refractivity contribution is 5.47. The van der Waals surface area contributed by atoms with Crippen LogP contribution in [-0.4, -0.2) is 6.04 Å². The molecule has 1 N–H and O–H groups in total.